The summed E-state index contributed by atoms with van der Waals surface area (Å²) in [5.74, 6) is -3.70. The molecule has 2 heterocycles. The number of carbonyl (C=O) groups excluding carboxylic acids is 3. The van der Waals surface area contributed by atoms with Gasteiger partial charge in [-0.05, 0) is 25.1 Å². The van der Waals surface area contributed by atoms with Gasteiger partial charge in [-0.3, -0.25) is 9.59 Å². The molecule has 1 aromatic carbocycles. The smallest absolute Gasteiger partial charge is 0.409 e. The van der Waals surface area contributed by atoms with E-state index in [1.165, 1.54) is 13.1 Å². The second-order valence-corrected chi connectivity index (χ2v) is 10.2. The Hall–Kier alpha value is -3.35. The summed E-state index contributed by atoms with van der Waals surface area (Å²) in [6, 6.07) is 1.65. The number of amides is 2. The van der Waals surface area contributed by atoms with Crippen LogP contribution < -0.4 is 0 Å². The lowest BCUT2D eigenvalue weighted by atomic mass is 9.97. The third-order valence-electron chi connectivity index (χ3n) is 5.52. The number of Topliss-reactive ketones (excluding diaryl/α,β-unsaturated/α-hetero) is 1. The van der Waals surface area contributed by atoms with Crippen molar-refractivity contribution in [2.24, 2.45) is 0 Å². The van der Waals surface area contributed by atoms with E-state index in [0.717, 1.165) is 28.9 Å². The highest BCUT2D eigenvalue weighted by Gasteiger charge is 2.70. The largest absolute Gasteiger partial charge is 0.504 e. The third-order valence-corrected chi connectivity index (χ3v) is 8.27. The van der Waals surface area contributed by atoms with Crippen molar-refractivity contribution in [3.63, 3.8) is 0 Å². The Balaban J connectivity index is 1.70. The number of nitrogens with zero attached hydrogens (tertiary/aromatic N) is 2. The van der Waals surface area contributed by atoms with Gasteiger partial charge < -0.3 is 29.9 Å². The van der Waals surface area contributed by atoms with Crippen LogP contribution in [0.15, 0.2) is 18.2 Å². The molecule has 31 heavy (non-hydrogen) atoms. The van der Waals surface area contributed by atoms with Crippen LogP contribution in [0.25, 0.3) is 0 Å². The number of hydrogen-bond donors (Lipinski definition) is 3. The number of ketones is 1. The molecular formula is C18H20N2O10S. The highest BCUT2D eigenvalue weighted by atomic mass is 32.2. The second kappa shape index (κ2) is 7.41. The number of β-lactam (4-membered cyclic amide) rings is 1. The number of likely N-dealkylation sites (N-methyl/N-ethyl adjacent to an activating group) is 1. The molecule has 0 aliphatic carbocycles. The van der Waals surface area contributed by atoms with Crippen molar-refractivity contribution in [2.75, 3.05) is 20.2 Å². The Morgan fingerprint density at radius 3 is 2.45 bits per heavy atom. The fraction of sp³-hybridized carbons (Fsp3) is 0.444. The molecule has 0 saturated carbocycles. The van der Waals surface area contributed by atoms with Gasteiger partial charge in [-0.2, -0.15) is 0 Å². The Labute approximate surface area is 176 Å². The fourth-order valence-corrected chi connectivity index (χ4v) is 5.93. The molecule has 0 radical (unpaired) electrons. The average molecular weight is 456 g/mol. The quantitative estimate of drug-likeness (QED) is 0.288. The fourth-order valence-electron chi connectivity index (χ4n) is 3.66. The number of aromatic hydroxyl groups is 2. The van der Waals surface area contributed by atoms with Gasteiger partial charge in [0.05, 0.1) is 13.0 Å². The first-order valence-electron chi connectivity index (χ1n) is 9.01. The van der Waals surface area contributed by atoms with E-state index < -0.39 is 74.4 Å². The first kappa shape index (κ1) is 22.3. The number of rotatable bonds is 6. The molecule has 3 rings (SSSR count). The Morgan fingerprint density at radius 2 is 1.90 bits per heavy atom. The summed E-state index contributed by atoms with van der Waals surface area (Å²) in [5.41, 5.74) is 0.00844. The van der Waals surface area contributed by atoms with Gasteiger partial charge in [-0.1, -0.05) is 0 Å². The van der Waals surface area contributed by atoms with Crippen LogP contribution in [0.2, 0.25) is 0 Å². The van der Waals surface area contributed by atoms with E-state index in [1.807, 2.05) is 0 Å². The zero-order valence-electron chi connectivity index (χ0n) is 16.5. The normalized spacial score (nSPS) is 26.0. The van der Waals surface area contributed by atoms with E-state index in [9.17, 15) is 42.9 Å². The number of benzene rings is 1. The van der Waals surface area contributed by atoms with E-state index in [1.54, 1.807) is 0 Å². The van der Waals surface area contributed by atoms with Crippen molar-refractivity contribution in [3.8, 4) is 11.5 Å². The van der Waals surface area contributed by atoms with Gasteiger partial charge in [0.2, 0.25) is 5.91 Å². The number of aliphatic carboxylic acids is 1. The first-order chi connectivity index (χ1) is 14.3. The molecule has 168 valence electrons. The average Bonchev–Trinajstić information content (AvgIpc) is 2.82. The van der Waals surface area contributed by atoms with Crippen molar-refractivity contribution < 1.29 is 47.7 Å². The van der Waals surface area contributed by atoms with E-state index >= 15 is 0 Å². The number of phenolic OH excluding ortho intramolecular Hbond substituents is 2. The van der Waals surface area contributed by atoms with Gasteiger partial charge >= 0.3 is 12.1 Å². The standard InChI is InChI=1S/C18H20N2O10S/c1-18(15(16(25)26)20-13(24)6-14(20)31(18,28)29)8-30-17(27)19(2)7-12(23)9-3-4-10(21)11(22)5-9/h3-5,14-15,21-22H,6-8H2,1-2H3,(H,25,26)/t14-,15+,18+/m1/s1. The number of carboxylic acid groups (broad SMARTS) is 1. The zero-order chi connectivity index (χ0) is 23.3. The number of carboxylic acids is 1. The topological polar surface area (TPSA) is 179 Å². The highest BCUT2D eigenvalue weighted by Crippen LogP contribution is 2.46. The maximum Gasteiger partial charge on any atom is 0.409 e. The van der Waals surface area contributed by atoms with Crippen molar-refractivity contribution in [2.45, 2.75) is 29.5 Å². The summed E-state index contributed by atoms with van der Waals surface area (Å²) in [6.45, 7) is -0.226. The van der Waals surface area contributed by atoms with Crippen LogP contribution in [0.3, 0.4) is 0 Å². The highest BCUT2D eigenvalue weighted by molar-refractivity contribution is 7.94. The van der Waals surface area contributed by atoms with Gasteiger partial charge in [0.25, 0.3) is 0 Å². The molecule has 1 aromatic rings. The molecule has 2 saturated heterocycles. The molecular weight excluding hydrogens is 436 g/mol. The Morgan fingerprint density at radius 1 is 1.26 bits per heavy atom. The molecule has 0 aromatic heterocycles. The third kappa shape index (κ3) is 3.44. The number of phenols is 2. The van der Waals surface area contributed by atoms with Crippen LogP contribution in [0, 0.1) is 0 Å². The van der Waals surface area contributed by atoms with Crippen LogP contribution in [0.1, 0.15) is 23.7 Å². The molecule has 2 amide bonds. The summed E-state index contributed by atoms with van der Waals surface area (Å²) in [4.78, 5) is 49.6. The number of fused-ring (bicyclic) bond motifs is 1. The lowest BCUT2D eigenvalue weighted by Crippen LogP contribution is -2.58. The Bertz CT molecular complexity index is 1080. The van der Waals surface area contributed by atoms with E-state index in [-0.39, 0.29) is 12.0 Å². The van der Waals surface area contributed by atoms with Crippen LogP contribution in [-0.4, -0.2) is 93.7 Å². The van der Waals surface area contributed by atoms with Gasteiger partial charge in [-0.25, -0.2) is 18.0 Å². The SMILES string of the molecule is CN(CC(=O)c1ccc(O)c(O)c1)C(=O)OC[C@@]1(C)[C@H](C(=O)O)N2C(=O)C[C@H]2S1(=O)=O. The summed E-state index contributed by atoms with van der Waals surface area (Å²) in [6.07, 6.45) is -1.42. The van der Waals surface area contributed by atoms with Gasteiger partial charge in [0.15, 0.2) is 33.2 Å². The summed E-state index contributed by atoms with van der Waals surface area (Å²) in [5, 5.41) is 27.0. The zero-order valence-corrected chi connectivity index (χ0v) is 17.3. The predicted molar refractivity (Wildman–Crippen MR) is 102 cm³/mol. The molecule has 2 aliphatic heterocycles. The van der Waals surface area contributed by atoms with Crippen molar-refractivity contribution in [1.82, 2.24) is 9.80 Å². The molecule has 13 heteroatoms. The lowest BCUT2D eigenvalue weighted by Gasteiger charge is -2.35. The molecule has 2 fully saturated rings. The van der Waals surface area contributed by atoms with E-state index in [2.05, 4.69) is 0 Å². The number of hydrogen-bond acceptors (Lipinski definition) is 9. The molecule has 0 spiro atoms. The van der Waals surface area contributed by atoms with Crippen LogP contribution in [-0.2, 0) is 24.2 Å². The lowest BCUT2D eigenvalue weighted by molar-refractivity contribution is -0.158. The maximum absolute atomic E-state index is 12.8. The molecule has 12 nitrogen and oxygen atoms in total. The van der Waals surface area contributed by atoms with Crippen molar-refractivity contribution in [1.29, 1.82) is 0 Å². The van der Waals surface area contributed by atoms with E-state index in [4.69, 9.17) is 4.74 Å². The maximum atomic E-state index is 12.8. The minimum Gasteiger partial charge on any atom is -0.504 e. The van der Waals surface area contributed by atoms with Crippen molar-refractivity contribution in [3.05, 3.63) is 23.8 Å². The minimum absolute atomic E-state index is 0.00844. The molecule has 3 N–H and O–H groups in total. The van der Waals surface area contributed by atoms with E-state index in [0.29, 0.717) is 0 Å². The summed E-state index contributed by atoms with van der Waals surface area (Å²) < 4.78 is 28.5. The summed E-state index contributed by atoms with van der Waals surface area (Å²) in [7, 11) is -2.94. The minimum atomic E-state index is -4.14. The predicted octanol–water partition coefficient (Wildman–Crippen LogP) is -0.452. The van der Waals surface area contributed by atoms with Crippen LogP contribution in [0.5, 0.6) is 11.5 Å². The molecule has 2 aliphatic rings. The number of carbonyl (C=O) groups is 4. The Kier molecular flexibility index (Phi) is 5.34. The second-order valence-electron chi connectivity index (χ2n) is 7.60. The monoisotopic (exact) mass is 456 g/mol. The van der Waals surface area contributed by atoms with Crippen LogP contribution in [0.4, 0.5) is 4.79 Å². The van der Waals surface area contributed by atoms with Gasteiger partial charge in [0.1, 0.15) is 16.7 Å². The van der Waals surface area contributed by atoms with Crippen LogP contribution >= 0.6 is 0 Å². The van der Waals surface area contributed by atoms with Gasteiger partial charge in [0, 0.05) is 12.6 Å². The van der Waals surface area contributed by atoms with Crippen molar-refractivity contribution >= 4 is 33.6 Å². The number of ether oxygens (including phenoxy) is 1. The van der Waals surface area contributed by atoms with Gasteiger partial charge in [-0.15, -0.1) is 0 Å². The molecule has 0 unspecified atom stereocenters. The number of sulfone groups is 1. The molecule has 3 atom stereocenters. The molecule has 0 bridgehead atoms. The first-order valence-corrected chi connectivity index (χ1v) is 10.6. The summed E-state index contributed by atoms with van der Waals surface area (Å²) >= 11 is 0.